The minimum absolute atomic E-state index is 0.486. The van der Waals surface area contributed by atoms with Gasteiger partial charge in [-0.3, -0.25) is 0 Å². The number of hydrogen-bond donors (Lipinski definition) is 0. The van der Waals surface area contributed by atoms with Crippen molar-refractivity contribution in [1.29, 1.82) is 0 Å². The fourth-order valence-corrected chi connectivity index (χ4v) is 0.832. The van der Waals surface area contributed by atoms with Crippen LogP contribution < -0.4 is 0 Å². The fourth-order valence-electron chi connectivity index (χ4n) is 0.832. The summed E-state index contributed by atoms with van der Waals surface area (Å²) in [6, 6.07) is 3.38. The molecule has 0 spiro atoms. The molecule has 1 aromatic heterocycles. The van der Waals surface area contributed by atoms with Gasteiger partial charge in [0.05, 0.1) is 6.26 Å². The van der Waals surface area contributed by atoms with Crippen molar-refractivity contribution in [2.24, 2.45) is 0 Å². The largest absolute Gasteiger partial charge is 0.465 e. The zero-order chi connectivity index (χ0) is 9.68. The van der Waals surface area contributed by atoms with Crippen molar-refractivity contribution < 1.29 is 18.7 Å². The zero-order valence-electron chi connectivity index (χ0n) is 7.01. The number of carbonyl (C=O) groups excluding carboxylic acids is 1. The standard InChI is InChI=1S/C8H8N2O3/c1-6(7-3-2-4-12-7)13-8(11)5-10-9/h2-6H,1H3. The third-order valence-corrected chi connectivity index (χ3v) is 1.40. The molecule has 0 aliphatic heterocycles. The highest BCUT2D eigenvalue weighted by Gasteiger charge is 2.14. The average molecular weight is 180 g/mol. The predicted octanol–water partition coefficient (Wildman–Crippen LogP) is 1.18. The molecule has 0 aliphatic rings. The molecule has 0 saturated heterocycles. The lowest BCUT2D eigenvalue weighted by molar-refractivity contribution is -0.144. The molecule has 0 aliphatic carbocycles. The Kier molecular flexibility index (Phi) is 3.00. The summed E-state index contributed by atoms with van der Waals surface area (Å²) in [6.45, 7) is 1.65. The highest BCUT2D eigenvalue weighted by atomic mass is 16.5. The van der Waals surface area contributed by atoms with Crippen LogP contribution in [-0.2, 0) is 9.53 Å². The van der Waals surface area contributed by atoms with Crippen LogP contribution in [0.5, 0.6) is 0 Å². The van der Waals surface area contributed by atoms with E-state index < -0.39 is 12.1 Å². The molecule has 0 amide bonds. The predicted molar refractivity (Wildman–Crippen MR) is 42.9 cm³/mol. The van der Waals surface area contributed by atoms with Gasteiger partial charge < -0.3 is 14.7 Å². The summed E-state index contributed by atoms with van der Waals surface area (Å²) in [7, 11) is 0. The number of nitrogens with zero attached hydrogens (tertiary/aromatic N) is 2. The van der Waals surface area contributed by atoms with Crippen LogP contribution >= 0.6 is 0 Å². The number of carbonyl (C=O) groups is 1. The van der Waals surface area contributed by atoms with Gasteiger partial charge in [-0.15, -0.1) is 0 Å². The first-order chi connectivity index (χ1) is 6.24. The molecule has 68 valence electrons. The second kappa shape index (κ2) is 4.23. The third-order valence-electron chi connectivity index (χ3n) is 1.40. The topological polar surface area (TPSA) is 75.8 Å². The van der Waals surface area contributed by atoms with E-state index in [-0.39, 0.29) is 0 Å². The minimum Gasteiger partial charge on any atom is -0.465 e. The van der Waals surface area contributed by atoms with Gasteiger partial charge in [0.15, 0.2) is 6.10 Å². The van der Waals surface area contributed by atoms with Crippen LogP contribution in [0.4, 0.5) is 0 Å². The first-order valence-corrected chi connectivity index (χ1v) is 3.65. The van der Waals surface area contributed by atoms with E-state index >= 15 is 0 Å². The summed E-state index contributed by atoms with van der Waals surface area (Å²) < 4.78 is 9.78. The van der Waals surface area contributed by atoms with Gasteiger partial charge in [-0.05, 0) is 19.1 Å². The molecule has 1 unspecified atom stereocenters. The van der Waals surface area contributed by atoms with Crippen molar-refractivity contribution in [3.8, 4) is 0 Å². The van der Waals surface area contributed by atoms with Crippen LogP contribution in [0.15, 0.2) is 22.8 Å². The highest BCUT2D eigenvalue weighted by Crippen LogP contribution is 2.16. The molecule has 0 saturated carbocycles. The molecular weight excluding hydrogens is 172 g/mol. The summed E-state index contributed by atoms with van der Waals surface area (Å²) in [5.41, 5.74) is 8.03. The Morgan fingerprint density at radius 1 is 1.85 bits per heavy atom. The molecule has 1 aromatic rings. The molecule has 1 rings (SSSR count). The molecule has 5 heteroatoms. The van der Waals surface area contributed by atoms with Crippen LogP contribution in [0.3, 0.4) is 0 Å². The van der Waals surface area contributed by atoms with Crippen LogP contribution in [0.2, 0.25) is 0 Å². The van der Waals surface area contributed by atoms with E-state index in [1.165, 1.54) is 6.26 Å². The first kappa shape index (κ1) is 9.22. The molecule has 5 nitrogen and oxygen atoms in total. The van der Waals surface area contributed by atoms with E-state index in [0.29, 0.717) is 12.0 Å². The normalized spacial score (nSPS) is 11.5. The molecule has 13 heavy (non-hydrogen) atoms. The van der Waals surface area contributed by atoms with E-state index in [1.54, 1.807) is 19.1 Å². The summed E-state index contributed by atoms with van der Waals surface area (Å²) in [5, 5.41) is 0. The molecule has 1 atom stereocenters. The Balaban J connectivity index is 2.56. The number of rotatable bonds is 3. The lowest BCUT2D eigenvalue weighted by Crippen LogP contribution is -2.09. The number of hydrogen-bond acceptors (Lipinski definition) is 3. The van der Waals surface area contributed by atoms with Crippen molar-refractivity contribution in [2.75, 3.05) is 0 Å². The third kappa shape index (κ3) is 2.57. The summed E-state index contributed by atoms with van der Waals surface area (Å²) in [4.78, 5) is 13.3. The maximum atomic E-state index is 10.8. The maximum Gasteiger partial charge on any atom is 0.414 e. The molecule has 0 aromatic carbocycles. The smallest absolute Gasteiger partial charge is 0.414 e. The molecule has 0 fully saturated rings. The van der Waals surface area contributed by atoms with Crippen molar-refractivity contribution in [3.63, 3.8) is 0 Å². The Morgan fingerprint density at radius 2 is 2.62 bits per heavy atom. The summed E-state index contributed by atoms with van der Waals surface area (Å²) in [6.07, 6.45) is 1.68. The van der Waals surface area contributed by atoms with Crippen molar-refractivity contribution in [1.82, 2.24) is 0 Å². The molecule has 1 heterocycles. The Morgan fingerprint density at radius 3 is 3.15 bits per heavy atom. The van der Waals surface area contributed by atoms with E-state index in [0.717, 1.165) is 0 Å². The van der Waals surface area contributed by atoms with Crippen LogP contribution in [0.1, 0.15) is 18.8 Å². The Labute approximate surface area is 74.5 Å². The number of esters is 1. The van der Waals surface area contributed by atoms with Crippen molar-refractivity contribution in [2.45, 2.75) is 13.0 Å². The first-order valence-electron chi connectivity index (χ1n) is 3.65. The van der Waals surface area contributed by atoms with Gasteiger partial charge in [-0.2, -0.15) is 4.79 Å². The van der Waals surface area contributed by atoms with Crippen LogP contribution in [0.25, 0.3) is 5.53 Å². The van der Waals surface area contributed by atoms with Gasteiger partial charge in [0.1, 0.15) is 5.76 Å². The monoisotopic (exact) mass is 180 g/mol. The fraction of sp³-hybridized carbons (Fsp3) is 0.250. The van der Waals surface area contributed by atoms with Gasteiger partial charge >= 0.3 is 12.2 Å². The van der Waals surface area contributed by atoms with E-state index in [1.807, 2.05) is 0 Å². The van der Waals surface area contributed by atoms with Gasteiger partial charge in [0, 0.05) is 0 Å². The molecular formula is C8H8N2O3. The van der Waals surface area contributed by atoms with Crippen LogP contribution in [0, 0.1) is 0 Å². The zero-order valence-corrected chi connectivity index (χ0v) is 7.01. The average Bonchev–Trinajstić information content (AvgIpc) is 2.55. The van der Waals surface area contributed by atoms with Gasteiger partial charge in [0.25, 0.3) is 0 Å². The second-order valence-corrected chi connectivity index (χ2v) is 2.34. The van der Waals surface area contributed by atoms with Crippen LogP contribution in [-0.4, -0.2) is 17.0 Å². The quantitative estimate of drug-likeness (QED) is 0.303. The summed E-state index contributed by atoms with van der Waals surface area (Å²) >= 11 is 0. The van der Waals surface area contributed by atoms with E-state index in [2.05, 4.69) is 4.79 Å². The minimum atomic E-state index is -0.716. The van der Waals surface area contributed by atoms with Crippen molar-refractivity contribution in [3.05, 3.63) is 29.7 Å². The second-order valence-electron chi connectivity index (χ2n) is 2.34. The Hall–Kier alpha value is -1.87. The van der Waals surface area contributed by atoms with Gasteiger partial charge in [-0.25, -0.2) is 4.79 Å². The van der Waals surface area contributed by atoms with E-state index in [4.69, 9.17) is 14.7 Å². The number of ether oxygens (including phenoxy) is 1. The van der Waals surface area contributed by atoms with Gasteiger partial charge in [0.2, 0.25) is 0 Å². The highest BCUT2D eigenvalue weighted by molar-refractivity contribution is 6.20. The summed E-state index contributed by atoms with van der Waals surface area (Å²) in [5.74, 6) is -0.175. The van der Waals surface area contributed by atoms with Gasteiger partial charge in [-0.1, -0.05) is 0 Å². The Bertz CT molecular complexity index is 325. The molecule has 0 bridgehead atoms. The van der Waals surface area contributed by atoms with E-state index in [9.17, 15) is 4.79 Å². The lowest BCUT2D eigenvalue weighted by Gasteiger charge is -2.05. The lowest BCUT2D eigenvalue weighted by atomic mass is 10.3. The molecule has 0 radical (unpaired) electrons. The van der Waals surface area contributed by atoms with Crippen molar-refractivity contribution >= 4 is 12.2 Å². The number of furan rings is 1. The maximum absolute atomic E-state index is 10.8. The SMILES string of the molecule is CC(OC(=O)C=[N+]=[N-])c1ccco1. The molecule has 0 N–H and O–H groups in total.